The summed E-state index contributed by atoms with van der Waals surface area (Å²) in [6.07, 6.45) is 4.25. The van der Waals surface area contributed by atoms with E-state index in [4.69, 9.17) is 12.2 Å². The van der Waals surface area contributed by atoms with Crippen molar-refractivity contribution >= 4 is 58.4 Å². The van der Waals surface area contributed by atoms with Crippen molar-refractivity contribution in [2.24, 2.45) is 0 Å². The number of fused-ring (bicyclic) bond motifs is 2. The van der Waals surface area contributed by atoms with Gasteiger partial charge in [0.2, 0.25) is 0 Å². The second kappa shape index (κ2) is 3.52. The summed E-state index contributed by atoms with van der Waals surface area (Å²) in [5.74, 6) is 0. The van der Waals surface area contributed by atoms with Gasteiger partial charge >= 0.3 is 0 Å². The molecule has 3 rings (SSSR count). The zero-order valence-electron chi connectivity index (χ0n) is 6.82. The maximum atomic E-state index is 5.22. The minimum atomic E-state index is 0.887. The van der Waals surface area contributed by atoms with Gasteiger partial charge in [0, 0.05) is 10.5 Å². The Labute approximate surface area is 99.1 Å². The third-order valence-electron chi connectivity index (χ3n) is 2.43. The summed E-state index contributed by atoms with van der Waals surface area (Å²) in [4.78, 5) is 0. The average molecular weight is 264 g/mol. The summed E-state index contributed by atoms with van der Waals surface area (Å²) >= 11 is 13.0. The normalized spacial score (nSPS) is 31.4. The zero-order valence-corrected chi connectivity index (χ0v) is 10.9. The van der Waals surface area contributed by atoms with Gasteiger partial charge in [-0.2, -0.15) is 0 Å². The van der Waals surface area contributed by atoms with E-state index in [2.05, 4.69) is 23.5 Å². The van der Waals surface area contributed by atoms with E-state index < -0.39 is 0 Å². The highest BCUT2D eigenvalue weighted by Gasteiger charge is 2.34. The van der Waals surface area contributed by atoms with Crippen LogP contribution in [0, 0.1) is 3.14 Å². The van der Waals surface area contributed by atoms with E-state index in [0.29, 0.717) is 0 Å². The van der Waals surface area contributed by atoms with Crippen molar-refractivity contribution in [1.82, 2.24) is 0 Å². The van der Waals surface area contributed by atoms with E-state index in [1.54, 1.807) is 0 Å². The topological polar surface area (TPSA) is 0 Å². The van der Waals surface area contributed by atoms with Gasteiger partial charge < -0.3 is 0 Å². The molecule has 0 aromatic carbocycles. The first kappa shape index (κ1) is 9.21. The van der Waals surface area contributed by atoms with Crippen molar-refractivity contribution in [3.63, 3.8) is 0 Å². The van der Waals surface area contributed by atoms with Crippen LogP contribution in [-0.4, -0.2) is 10.5 Å². The van der Waals surface area contributed by atoms with Gasteiger partial charge in [0.05, 0.1) is 8.42 Å². The second-order valence-electron chi connectivity index (χ2n) is 3.27. The van der Waals surface area contributed by atoms with Crippen LogP contribution in [0.2, 0.25) is 0 Å². The summed E-state index contributed by atoms with van der Waals surface area (Å²) in [6.45, 7) is 0. The van der Waals surface area contributed by atoms with Gasteiger partial charge in [-0.25, -0.2) is 0 Å². The lowest BCUT2D eigenvalue weighted by Gasteiger charge is -2.22. The molecule has 0 unspecified atom stereocenters. The molecule has 1 fully saturated rings. The highest BCUT2D eigenvalue weighted by atomic mass is 32.2. The van der Waals surface area contributed by atoms with Crippen molar-refractivity contribution < 1.29 is 0 Å². The fourth-order valence-corrected chi connectivity index (χ4v) is 9.03. The predicted molar refractivity (Wildman–Crippen MR) is 66.2 cm³/mol. The Kier molecular flexibility index (Phi) is 2.50. The van der Waals surface area contributed by atoms with Crippen molar-refractivity contribution in [2.45, 2.75) is 38.2 Å². The van der Waals surface area contributed by atoms with Gasteiger partial charge in [-0.3, -0.25) is 0 Å². The fourth-order valence-electron chi connectivity index (χ4n) is 1.84. The van der Waals surface area contributed by atoms with Crippen LogP contribution in [0.25, 0.3) is 0 Å². The van der Waals surface area contributed by atoms with Crippen LogP contribution in [0.1, 0.15) is 19.3 Å². The Balaban J connectivity index is 2.00. The molecule has 1 aliphatic carbocycles. The SMILES string of the molecule is S=c1sc2c(s1)S[C@@H]1CCC[C@@H]1S2. The molecule has 1 saturated carbocycles. The summed E-state index contributed by atoms with van der Waals surface area (Å²) in [5, 5.41) is 1.77. The summed E-state index contributed by atoms with van der Waals surface area (Å²) < 4.78 is 4.11. The van der Waals surface area contributed by atoms with Crippen molar-refractivity contribution in [3.8, 4) is 0 Å². The molecule has 2 aliphatic rings. The minimum absolute atomic E-state index is 0.887. The largest absolute Gasteiger partial charge is 0.145 e. The number of hydrogen-bond donors (Lipinski definition) is 0. The molecular weight excluding hydrogens is 256 g/mol. The van der Waals surface area contributed by atoms with Gasteiger partial charge in [-0.1, -0.05) is 18.6 Å². The second-order valence-corrected chi connectivity index (χ2v) is 9.51. The first-order valence-corrected chi connectivity index (χ1v) is 8.10. The number of hydrogen-bond acceptors (Lipinski definition) is 5. The molecular formula is C8H8S5. The molecule has 0 N–H and O–H groups in total. The Morgan fingerprint density at radius 2 is 1.54 bits per heavy atom. The maximum Gasteiger partial charge on any atom is 0.145 e. The van der Waals surface area contributed by atoms with E-state index in [1.165, 1.54) is 27.7 Å². The molecule has 5 heteroatoms. The summed E-state index contributed by atoms with van der Waals surface area (Å²) in [5.41, 5.74) is 0. The third-order valence-corrected chi connectivity index (χ3v) is 8.88. The average Bonchev–Trinajstić information content (AvgIpc) is 2.63. The standard InChI is InChI=1S/C8H8S5/c9-8-12-6-7(13-8)11-5-3-1-2-4(5)10-6/h4-5H,1-3H2/t4-,5+. The molecule has 2 atom stereocenters. The maximum absolute atomic E-state index is 5.22. The van der Waals surface area contributed by atoms with Gasteiger partial charge in [0.1, 0.15) is 3.14 Å². The molecule has 0 amide bonds. The molecule has 0 spiro atoms. The quantitative estimate of drug-likeness (QED) is 0.626. The highest BCUT2D eigenvalue weighted by molar-refractivity contribution is 8.09. The number of thioether (sulfide) groups is 2. The van der Waals surface area contributed by atoms with Gasteiger partial charge in [-0.05, 0) is 12.8 Å². The van der Waals surface area contributed by atoms with E-state index in [9.17, 15) is 0 Å². The van der Waals surface area contributed by atoms with Crippen LogP contribution in [0.15, 0.2) is 8.42 Å². The van der Waals surface area contributed by atoms with Crippen molar-refractivity contribution in [3.05, 3.63) is 3.14 Å². The van der Waals surface area contributed by atoms with E-state index in [1.807, 2.05) is 22.7 Å². The molecule has 70 valence electrons. The Morgan fingerprint density at radius 1 is 1.00 bits per heavy atom. The Morgan fingerprint density at radius 3 is 2.08 bits per heavy atom. The number of rotatable bonds is 0. The van der Waals surface area contributed by atoms with E-state index in [0.717, 1.165) is 13.6 Å². The third kappa shape index (κ3) is 1.63. The van der Waals surface area contributed by atoms with Crippen LogP contribution < -0.4 is 0 Å². The molecule has 2 heterocycles. The smallest absolute Gasteiger partial charge is 0.109 e. The summed E-state index contributed by atoms with van der Waals surface area (Å²) in [6, 6.07) is 0. The van der Waals surface area contributed by atoms with Gasteiger partial charge in [0.15, 0.2) is 0 Å². The molecule has 1 aromatic rings. The Hall–Kier alpha value is 0.970. The molecule has 0 bridgehead atoms. The lowest BCUT2D eigenvalue weighted by atomic mass is 10.4. The monoisotopic (exact) mass is 264 g/mol. The molecule has 1 aliphatic heterocycles. The molecule has 0 radical (unpaired) electrons. The lowest BCUT2D eigenvalue weighted by Crippen LogP contribution is -2.14. The van der Waals surface area contributed by atoms with Gasteiger partial charge in [0.25, 0.3) is 0 Å². The Bertz CT molecular complexity index is 344. The van der Waals surface area contributed by atoms with Crippen LogP contribution in [0.3, 0.4) is 0 Å². The predicted octanol–water partition coefficient (Wildman–Crippen LogP) is 4.66. The fraction of sp³-hybridized carbons (Fsp3) is 0.625. The van der Waals surface area contributed by atoms with E-state index in [-0.39, 0.29) is 0 Å². The molecule has 0 saturated heterocycles. The van der Waals surface area contributed by atoms with Gasteiger partial charge in [-0.15, -0.1) is 46.2 Å². The summed E-state index contributed by atoms with van der Waals surface area (Å²) in [7, 11) is 0. The molecule has 1 aromatic heterocycles. The minimum Gasteiger partial charge on any atom is -0.109 e. The zero-order chi connectivity index (χ0) is 8.84. The van der Waals surface area contributed by atoms with Crippen LogP contribution in [0.4, 0.5) is 0 Å². The highest BCUT2D eigenvalue weighted by Crippen LogP contribution is 2.55. The van der Waals surface area contributed by atoms with Crippen molar-refractivity contribution in [2.75, 3.05) is 0 Å². The lowest BCUT2D eigenvalue weighted by molar-refractivity contribution is 0.891. The first-order valence-electron chi connectivity index (χ1n) is 4.30. The van der Waals surface area contributed by atoms with Crippen LogP contribution in [-0.2, 0) is 0 Å². The van der Waals surface area contributed by atoms with E-state index >= 15 is 0 Å². The molecule has 0 nitrogen and oxygen atoms in total. The van der Waals surface area contributed by atoms with Crippen molar-refractivity contribution in [1.29, 1.82) is 0 Å². The first-order chi connectivity index (χ1) is 6.33. The molecule has 13 heavy (non-hydrogen) atoms. The van der Waals surface area contributed by atoms with Crippen LogP contribution in [0.5, 0.6) is 0 Å². The van der Waals surface area contributed by atoms with Crippen LogP contribution >= 0.6 is 58.4 Å².